The Kier molecular flexibility index (Phi) is 10.2. The van der Waals surface area contributed by atoms with Crippen LogP contribution in [0.3, 0.4) is 0 Å². The van der Waals surface area contributed by atoms with E-state index >= 15 is 0 Å². The number of nitrogens with one attached hydrogen (secondary N) is 2. The summed E-state index contributed by atoms with van der Waals surface area (Å²) in [4.78, 5) is 46.4. The van der Waals surface area contributed by atoms with Crippen molar-refractivity contribution >= 4 is 33.3 Å². The molecule has 0 aliphatic rings. The molecule has 3 rings (SSSR count). The number of nitrogens with zero attached hydrogens (tertiary/aromatic N) is 2. The summed E-state index contributed by atoms with van der Waals surface area (Å²) in [6.07, 6.45) is -0.457. The molecule has 2 atom stereocenters. The summed E-state index contributed by atoms with van der Waals surface area (Å²) in [5, 5.41) is 24.9. The van der Waals surface area contributed by atoms with E-state index < -0.39 is 60.2 Å². The van der Waals surface area contributed by atoms with Crippen molar-refractivity contribution in [2.24, 2.45) is 0 Å². The first kappa shape index (κ1) is 30.8. The van der Waals surface area contributed by atoms with E-state index in [0.717, 1.165) is 36.4 Å². The highest BCUT2D eigenvalue weighted by Gasteiger charge is 2.33. The van der Waals surface area contributed by atoms with Crippen LogP contribution in [-0.2, 0) is 37.2 Å². The van der Waals surface area contributed by atoms with E-state index in [4.69, 9.17) is 4.74 Å². The van der Waals surface area contributed by atoms with Crippen LogP contribution in [0, 0.1) is 26.0 Å². The highest BCUT2D eigenvalue weighted by Crippen LogP contribution is 2.23. The summed E-state index contributed by atoms with van der Waals surface area (Å²) in [5.74, 6) is -2.33. The van der Waals surface area contributed by atoms with Crippen molar-refractivity contribution in [3.63, 3.8) is 0 Å². The Hall–Kier alpha value is -4.76. The normalized spacial score (nSPS) is 12.6. The van der Waals surface area contributed by atoms with Crippen LogP contribution >= 0.6 is 0 Å². The molecule has 0 bridgehead atoms. The van der Waals surface area contributed by atoms with Crippen molar-refractivity contribution in [1.82, 2.24) is 10.0 Å². The maximum Gasteiger partial charge on any atom is 0.328 e. The molecule has 0 heterocycles. The number of rotatable bonds is 13. The maximum absolute atomic E-state index is 13.5. The molecule has 41 heavy (non-hydrogen) atoms. The van der Waals surface area contributed by atoms with Gasteiger partial charge in [0.05, 0.1) is 16.5 Å². The van der Waals surface area contributed by atoms with E-state index in [1.54, 1.807) is 6.92 Å². The summed E-state index contributed by atoms with van der Waals surface area (Å²) in [6.45, 7) is 1.53. The first-order valence-electron chi connectivity index (χ1n) is 12.1. The lowest BCUT2D eigenvalue weighted by Gasteiger charge is -2.23. The third kappa shape index (κ3) is 8.36. The molecule has 0 aliphatic carbocycles. The summed E-state index contributed by atoms with van der Waals surface area (Å²) in [6, 6.07) is 11.7. The summed E-state index contributed by atoms with van der Waals surface area (Å²) < 4.78 is 47.0. The molecule has 1 amide bonds. The molecule has 2 N–H and O–H groups in total. The van der Waals surface area contributed by atoms with Crippen molar-refractivity contribution in [2.75, 3.05) is 6.61 Å². The SMILES string of the molecule is CCOC(=O)[C@H](Cc1ccc(F)cc1)NC(=O)[C@H](Cc1ccc([N+](=O)[O-])cc1)NS(=O)(=O)c1ccccc1[N+](=O)[O-]. The first-order valence-corrected chi connectivity index (χ1v) is 13.6. The molecule has 0 aromatic heterocycles. The second-order valence-corrected chi connectivity index (χ2v) is 10.4. The third-order valence-corrected chi connectivity index (χ3v) is 7.31. The van der Waals surface area contributed by atoms with Gasteiger partial charge >= 0.3 is 5.97 Å². The fourth-order valence-corrected chi connectivity index (χ4v) is 5.20. The molecule has 216 valence electrons. The largest absolute Gasteiger partial charge is 0.464 e. The first-order chi connectivity index (χ1) is 19.4. The molecule has 15 heteroatoms. The summed E-state index contributed by atoms with van der Waals surface area (Å²) in [7, 11) is -4.67. The van der Waals surface area contributed by atoms with Gasteiger partial charge in [0.15, 0.2) is 4.90 Å². The standard InChI is InChI=1S/C26H25FN4O9S/c1-2-40-26(33)22(16-17-7-11-19(27)12-8-17)28-25(32)21(15-18-9-13-20(14-10-18)30(34)35)29-41(38,39)24-6-4-3-5-23(24)31(36)37/h3-14,21-22,29H,2,15-16H2,1H3,(H,28,32)/t21-,22-/m0/s1. The van der Waals surface area contributed by atoms with E-state index in [2.05, 4.69) is 10.0 Å². The molecule has 0 fully saturated rings. The van der Waals surface area contributed by atoms with Gasteiger partial charge in [0, 0.05) is 24.6 Å². The third-order valence-electron chi connectivity index (χ3n) is 5.79. The van der Waals surface area contributed by atoms with Gasteiger partial charge in [0.25, 0.3) is 11.4 Å². The monoisotopic (exact) mass is 588 g/mol. The molecular weight excluding hydrogens is 563 g/mol. The average molecular weight is 589 g/mol. The minimum atomic E-state index is -4.67. The van der Waals surface area contributed by atoms with Gasteiger partial charge in [-0.25, -0.2) is 17.6 Å². The van der Waals surface area contributed by atoms with Crippen LogP contribution in [-0.4, -0.2) is 48.8 Å². The van der Waals surface area contributed by atoms with Crippen LogP contribution in [0.4, 0.5) is 15.8 Å². The topological polar surface area (TPSA) is 188 Å². The summed E-state index contributed by atoms with van der Waals surface area (Å²) >= 11 is 0. The predicted octanol–water partition coefficient (Wildman–Crippen LogP) is 2.82. The molecule has 13 nitrogen and oxygen atoms in total. The number of halogens is 1. The van der Waals surface area contributed by atoms with Crippen molar-refractivity contribution in [2.45, 2.75) is 36.7 Å². The second kappa shape index (κ2) is 13.5. The average Bonchev–Trinajstić information content (AvgIpc) is 2.93. The van der Waals surface area contributed by atoms with Gasteiger partial charge in [0.2, 0.25) is 15.9 Å². The van der Waals surface area contributed by atoms with Crippen molar-refractivity contribution in [3.05, 3.63) is 110 Å². The fourth-order valence-electron chi connectivity index (χ4n) is 3.83. The number of esters is 1. The van der Waals surface area contributed by atoms with Crippen LogP contribution < -0.4 is 10.0 Å². The zero-order chi connectivity index (χ0) is 30.2. The number of para-hydroxylation sites is 1. The highest BCUT2D eigenvalue weighted by atomic mass is 32.2. The number of carbonyl (C=O) groups excluding carboxylic acids is 2. The molecule has 0 saturated heterocycles. The van der Waals surface area contributed by atoms with Gasteiger partial charge in [0.1, 0.15) is 17.9 Å². The number of nitro benzene ring substituents is 2. The van der Waals surface area contributed by atoms with Gasteiger partial charge in [-0.15, -0.1) is 0 Å². The van der Waals surface area contributed by atoms with Gasteiger partial charge < -0.3 is 10.1 Å². The van der Waals surface area contributed by atoms with E-state index in [-0.39, 0.29) is 25.1 Å². The minimum absolute atomic E-state index is 0.0227. The van der Waals surface area contributed by atoms with Crippen LogP contribution in [0.2, 0.25) is 0 Å². The molecular formula is C26H25FN4O9S. The number of benzene rings is 3. The molecule has 0 spiro atoms. The van der Waals surface area contributed by atoms with Gasteiger partial charge in [-0.3, -0.25) is 25.0 Å². The Morgan fingerprint density at radius 2 is 1.44 bits per heavy atom. The molecule has 0 aliphatic heterocycles. The Bertz CT molecular complexity index is 1530. The van der Waals surface area contributed by atoms with E-state index in [9.17, 15) is 42.6 Å². The Labute approximate surface area is 233 Å². The number of hydrogen-bond acceptors (Lipinski definition) is 9. The zero-order valence-corrected chi connectivity index (χ0v) is 22.4. The lowest BCUT2D eigenvalue weighted by atomic mass is 10.0. The van der Waals surface area contributed by atoms with Crippen LogP contribution in [0.25, 0.3) is 0 Å². The Morgan fingerprint density at radius 3 is 2.00 bits per heavy atom. The van der Waals surface area contributed by atoms with Crippen molar-refractivity contribution in [3.8, 4) is 0 Å². The van der Waals surface area contributed by atoms with Crippen LogP contribution in [0.5, 0.6) is 0 Å². The quantitative estimate of drug-likeness (QED) is 0.172. The Morgan fingerprint density at radius 1 is 0.878 bits per heavy atom. The minimum Gasteiger partial charge on any atom is -0.464 e. The predicted molar refractivity (Wildman–Crippen MR) is 143 cm³/mol. The molecule has 0 saturated carbocycles. The lowest BCUT2D eigenvalue weighted by Crippen LogP contribution is -2.53. The second-order valence-electron chi connectivity index (χ2n) is 8.67. The number of sulfonamides is 1. The van der Waals surface area contributed by atoms with E-state index in [1.807, 2.05) is 0 Å². The maximum atomic E-state index is 13.5. The number of ether oxygens (including phenoxy) is 1. The van der Waals surface area contributed by atoms with Gasteiger partial charge in [-0.2, -0.15) is 4.72 Å². The zero-order valence-electron chi connectivity index (χ0n) is 21.6. The number of hydrogen-bond donors (Lipinski definition) is 2. The molecule has 0 radical (unpaired) electrons. The van der Waals surface area contributed by atoms with E-state index in [1.165, 1.54) is 36.4 Å². The fraction of sp³-hybridized carbons (Fsp3) is 0.231. The number of carbonyl (C=O) groups is 2. The highest BCUT2D eigenvalue weighted by molar-refractivity contribution is 7.89. The molecule has 3 aromatic rings. The Balaban J connectivity index is 1.96. The lowest BCUT2D eigenvalue weighted by molar-refractivity contribution is -0.387. The molecule has 0 unspecified atom stereocenters. The van der Waals surface area contributed by atoms with E-state index in [0.29, 0.717) is 11.1 Å². The van der Waals surface area contributed by atoms with Crippen molar-refractivity contribution in [1.29, 1.82) is 0 Å². The number of amides is 1. The molecule has 3 aromatic carbocycles. The van der Waals surface area contributed by atoms with Gasteiger partial charge in [-0.1, -0.05) is 36.4 Å². The van der Waals surface area contributed by atoms with Crippen LogP contribution in [0.1, 0.15) is 18.1 Å². The van der Waals surface area contributed by atoms with Gasteiger partial charge in [-0.05, 0) is 42.7 Å². The van der Waals surface area contributed by atoms with Crippen molar-refractivity contribution < 1.29 is 37.0 Å². The number of non-ortho nitro benzene ring substituents is 1. The smallest absolute Gasteiger partial charge is 0.328 e. The number of nitro groups is 2. The van der Waals surface area contributed by atoms with Crippen LogP contribution in [0.15, 0.2) is 77.7 Å². The summed E-state index contributed by atoms with van der Waals surface area (Å²) in [5.41, 5.74) is -0.184.